The molecule has 94 valence electrons. The van der Waals surface area contributed by atoms with Gasteiger partial charge in [-0.05, 0) is 39.7 Å². The van der Waals surface area contributed by atoms with E-state index in [9.17, 15) is 0 Å². The van der Waals surface area contributed by atoms with Crippen LogP contribution in [0.4, 0.5) is 0 Å². The molecular weight excluding hydrogens is 208 g/mol. The molecule has 0 aromatic heterocycles. The molecule has 0 aromatic rings. The van der Waals surface area contributed by atoms with E-state index in [1.165, 1.54) is 11.1 Å². The Morgan fingerprint density at radius 1 is 1.47 bits per heavy atom. The fraction of sp³-hybridized carbons (Fsp3) is 0.467. The molecular formula is C15H24N2. The van der Waals surface area contributed by atoms with Gasteiger partial charge in [-0.1, -0.05) is 29.9 Å². The molecule has 0 bridgehead atoms. The Balaban J connectivity index is 2.58. The highest BCUT2D eigenvalue weighted by molar-refractivity contribution is 5.30. The lowest BCUT2D eigenvalue weighted by atomic mass is 10.0. The van der Waals surface area contributed by atoms with Crippen molar-refractivity contribution in [3.8, 4) is 0 Å². The van der Waals surface area contributed by atoms with Gasteiger partial charge in [0.05, 0.1) is 0 Å². The molecule has 0 radical (unpaired) electrons. The first kappa shape index (κ1) is 13.6. The van der Waals surface area contributed by atoms with E-state index in [4.69, 9.17) is 5.73 Å². The Morgan fingerprint density at radius 3 is 2.59 bits per heavy atom. The van der Waals surface area contributed by atoms with Gasteiger partial charge in [0, 0.05) is 23.9 Å². The fourth-order valence-corrected chi connectivity index (χ4v) is 1.85. The summed E-state index contributed by atoms with van der Waals surface area (Å²) in [4.78, 5) is 0. The monoisotopic (exact) mass is 232 g/mol. The van der Waals surface area contributed by atoms with Gasteiger partial charge in [-0.25, -0.2) is 0 Å². The molecule has 0 fully saturated rings. The molecule has 0 saturated carbocycles. The van der Waals surface area contributed by atoms with Crippen LogP contribution in [0, 0.1) is 5.92 Å². The molecule has 17 heavy (non-hydrogen) atoms. The topological polar surface area (TPSA) is 38.0 Å². The summed E-state index contributed by atoms with van der Waals surface area (Å²) in [5.74, 6) is 0.355. The van der Waals surface area contributed by atoms with Gasteiger partial charge in [0.1, 0.15) is 0 Å². The second-order valence-electron chi connectivity index (χ2n) is 4.89. The van der Waals surface area contributed by atoms with E-state index >= 15 is 0 Å². The van der Waals surface area contributed by atoms with Crippen LogP contribution in [0.2, 0.25) is 0 Å². The quantitative estimate of drug-likeness (QED) is 0.577. The van der Waals surface area contributed by atoms with Gasteiger partial charge in [0.2, 0.25) is 0 Å². The Kier molecular flexibility index (Phi) is 4.62. The van der Waals surface area contributed by atoms with E-state index in [2.05, 4.69) is 37.9 Å². The summed E-state index contributed by atoms with van der Waals surface area (Å²) >= 11 is 0. The summed E-state index contributed by atoms with van der Waals surface area (Å²) in [5, 5.41) is 3.28. The minimum absolute atomic E-state index is 0.355. The van der Waals surface area contributed by atoms with Crippen molar-refractivity contribution in [3.63, 3.8) is 0 Å². The average molecular weight is 232 g/mol. The molecule has 2 nitrogen and oxygen atoms in total. The number of hydrogen-bond acceptors (Lipinski definition) is 2. The number of nitrogens with two attached hydrogens (primary N) is 1. The van der Waals surface area contributed by atoms with Crippen LogP contribution in [-0.2, 0) is 0 Å². The maximum atomic E-state index is 5.99. The first-order chi connectivity index (χ1) is 7.93. The molecule has 2 heteroatoms. The summed E-state index contributed by atoms with van der Waals surface area (Å²) in [6.45, 7) is 13.3. The molecule has 1 aliphatic heterocycles. The van der Waals surface area contributed by atoms with Crippen LogP contribution in [0.5, 0.6) is 0 Å². The molecule has 1 unspecified atom stereocenters. The lowest BCUT2D eigenvalue weighted by Gasteiger charge is -2.06. The Morgan fingerprint density at radius 2 is 2.12 bits per heavy atom. The van der Waals surface area contributed by atoms with Crippen molar-refractivity contribution in [2.45, 2.75) is 34.1 Å². The second-order valence-corrected chi connectivity index (χ2v) is 4.89. The molecule has 0 aromatic carbocycles. The molecule has 0 aliphatic carbocycles. The third-order valence-electron chi connectivity index (χ3n) is 3.49. The number of hydrogen-bond donors (Lipinski definition) is 2. The molecule has 0 amide bonds. The largest absolute Gasteiger partial charge is 0.400 e. The smallest absolute Gasteiger partial charge is 0.0358 e. The van der Waals surface area contributed by atoms with Gasteiger partial charge >= 0.3 is 0 Å². The van der Waals surface area contributed by atoms with Crippen molar-refractivity contribution in [3.05, 3.63) is 46.8 Å². The maximum Gasteiger partial charge on any atom is 0.0358 e. The van der Waals surface area contributed by atoms with Crippen molar-refractivity contribution < 1.29 is 0 Å². The zero-order valence-electron chi connectivity index (χ0n) is 11.4. The SMILES string of the molecule is C=C(C)/C(C)=C(/C)CC=CC1CNC(C)=C1N. The predicted octanol–water partition coefficient (Wildman–Crippen LogP) is 3.25. The standard InChI is InChI=1S/C15H24N2/c1-10(2)12(4)11(3)7-6-8-14-9-17-13(5)15(14)16/h6,8,14,17H,1,7,9,16H2,2-5H3/b8-6?,12-11-. The normalized spacial score (nSPS) is 21.8. The van der Waals surface area contributed by atoms with Gasteiger partial charge in [-0.3, -0.25) is 0 Å². The summed E-state index contributed by atoms with van der Waals surface area (Å²) in [6.07, 6.45) is 5.38. The third kappa shape index (κ3) is 3.52. The van der Waals surface area contributed by atoms with Gasteiger partial charge in [0.25, 0.3) is 0 Å². The fourth-order valence-electron chi connectivity index (χ4n) is 1.85. The Hall–Kier alpha value is -1.44. The summed E-state index contributed by atoms with van der Waals surface area (Å²) in [7, 11) is 0. The molecule has 1 heterocycles. The highest BCUT2D eigenvalue weighted by Crippen LogP contribution is 2.19. The van der Waals surface area contributed by atoms with Crippen molar-refractivity contribution in [2.75, 3.05) is 6.54 Å². The van der Waals surface area contributed by atoms with Crippen LogP contribution in [0.15, 0.2) is 46.8 Å². The van der Waals surface area contributed by atoms with Crippen LogP contribution < -0.4 is 11.1 Å². The Bertz CT molecular complexity index is 397. The number of nitrogens with one attached hydrogen (secondary N) is 1. The minimum Gasteiger partial charge on any atom is -0.400 e. The van der Waals surface area contributed by atoms with Crippen LogP contribution in [0.1, 0.15) is 34.1 Å². The van der Waals surface area contributed by atoms with E-state index in [1.807, 2.05) is 13.8 Å². The molecule has 1 rings (SSSR count). The summed E-state index contributed by atoms with van der Waals surface area (Å²) in [6, 6.07) is 0. The Labute approximate surface area is 105 Å². The molecule has 1 aliphatic rings. The molecule has 1 atom stereocenters. The van der Waals surface area contributed by atoms with Crippen LogP contribution in [0.25, 0.3) is 0 Å². The predicted molar refractivity (Wildman–Crippen MR) is 75.3 cm³/mol. The molecule has 3 N–H and O–H groups in total. The number of allylic oxidation sites excluding steroid dienone is 5. The lowest BCUT2D eigenvalue weighted by molar-refractivity contribution is 0.748. The number of rotatable bonds is 4. The third-order valence-corrected chi connectivity index (χ3v) is 3.49. The van der Waals surface area contributed by atoms with Crippen molar-refractivity contribution in [1.29, 1.82) is 0 Å². The van der Waals surface area contributed by atoms with Gasteiger partial charge in [-0.15, -0.1) is 0 Å². The van der Waals surface area contributed by atoms with E-state index < -0.39 is 0 Å². The van der Waals surface area contributed by atoms with Crippen molar-refractivity contribution in [1.82, 2.24) is 5.32 Å². The highest BCUT2D eigenvalue weighted by atomic mass is 14.9. The zero-order chi connectivity index (χ0) is 13.0. The average Bonchev–Trinajstić information content (AvgIpc) is 2.59. The summed E-state index contributed by atoms with van der Waals surface area (Å²) in [5.41, 5.74) is 11.9. The first-order valence-electron chi connectivity index (χ1n) is 6.12. The zero-order valence-corrected chi connectivity index (χ0v) is 11.4. The highest BCUT2D eigenvalue weighted by Gasteiger charge is 2.16. The molecule has 0 spiro atoms. The summed E-state index contributed by atoms with van der Waals surface area (Å²) < 4.78 is 0. The van der Waals surface area contributed by atoms with Crippen LogP contribution in [0.3, 0.4) is 0 Å². The van der Waals surface area contributed by atoms with E-state index in [-0.39, 0.29) is 0 Å². The maximum absolute atomic E-state index is 5.99. The lowest BCUT2D eigenvalue weighted by Crippen LogP contribution is -2.11. The van der Waals surface area contributed by atoms with E-state index in [0.29, 0.717) is 5.92 Å². The van der Waals surface area contributed by atoms with Gasteiger partial charge in [-0.2, -0.15) is 0 Å². The van der Waals surface area contributed by atoms with Crippen LogP contribution in [-0.4, -0.2) is 6.54 Å². The van der Waals surface area contributed by atoms with Crippen molar-refractivity contribution in [2.24, 2.45) is 11.7 Å². The second kappa shape index (κ2) is 5.76. The van der Waals surface area contributed by atoms with Gasteiger partial charge in [0.15, 0.2) is 0 Å². The van der Waals surface area contributed by atoms with Gasteiger partial charge < -0.3 is 11.1 Å². The van der Waals surface area contributed by atoms with E-state index in [1.54, 1.807) is 0 Å². The minimum atomic E-state index is 0.355. The van der Waals surface area contributed by atoms with Crippen LogP contribution >= 0.6 is 0 Å². The van der Waals surface area contributed by atoms with E-state index in [0.717, 1.165) is 29.9 Å². The molecule has 0 saturated heterocycles. The van der Waals surface area contributed by atoms with Crippen molar-refractivity contribution >= 4 is 0 Å². The first-order valence-corrected chi connectivity index (χ1v) is 6.12.